The van der Waals surface area contributed by atoms with Gasteiger partial charge in [0.05, 0.1) is 5.69 Å². The molecule has 0 aliphatic heterocycles. The zero-order valence-electron chi connectivity index (χ0n) is 27.4. The Kier molecular flexibility index (Phi) is 9.47. The van der Waals surface area contributed by atoms with E-state index in [1.165, 1.54) is 16.5 Å². The van der Waals surface area contributed by atoms with Gasteiger partial charge in [0, 0.05) is 34.5 Å². The van der Waals surface area contributed by atoms with Gasteiger partial charge >= 0.3 is 21.1 Å². The molecule has 0 unspecified atom stereocenters. The van der Waals surface area contributed by atoms with Crippen LogP contribution in [0.4, 0.5) is 0 Å². The van der Waals surface area contributed by atoms with Gasteiger partial charge in [-0.3, -0.25) is 4.68 Å². The molecule has 0 amide bonds. The third kappa shape index (κ3) is 6.42. The van der Waals surface area contributed by atoms with Crippen LogP contribution < -0.4 is 4.74 Å². The first-order chi connectivity index (χ1) is 22.4. The van der Waals surface area contributed by atoms with Crippen LogP contribution in [0.1, 0.15) is 49.7 Å². The van der Waals surface area contributed by atoms with Crippen LogP contribution in [0, 0.1) is 31.9 Å². The molecule has 0 saturated heterocycles. The molecule has 0 fully saturated rings. The van der Waals surface area contributed by atoms with Crippen LogP contribution in [0.15, 0.2) is 97.2 Å². The largest absolute Gasteiger partial charge is 2.00 e. The second-order valence-corrected chi connectivity index (χ2v) is 12.4. The molecule has 238 valence electrons. The monoisotopic (exact) mass is 797 g/mol. The van der Waals surface area contributed by atoms with Gasteiger partial charge in [-0.25, -0.2) is 4.98 Å². The van der Waals surface area contributed by atoms with Crippen molar-refractivity contribution in [3.63, 3.8) is 0 Å². The van der Waals surface area contributed by atoms with Crippen LogP contribution >= 0.6 is 0 Å². The molecule has 0 spiro atoms. The summed E-state index contributed by atoms with van der Waals surface area (Å²) in [6.07, 6.45) is 5.06. The third-order valence-corrected chi connectivity index (χ3v) is 8.73. The fraction of sp³-hybridized carbons (Fsp3) is 0.220. The van der Waals surface area contributed by atoms with Crippen LogP contribution in [-0.4, -0.2) is 19.3 Å². The van der Waals surface area contributed by atoms with Gasteiger partial charge in [0.2, 0.25) is 0 Å². The molecule has 0 atom stereocenters. The van der Waals surface area contributed by atoms with E-state index in [0.29, 0.717) is 17.4 Å². The van der Waals surface area contributed by atoms with E-state index in [1.807, 2.05) is 48.1 Å². The first kappa shape index (κ1) is 32.5. The SMILES string of the molecule is CCc1ccc2c(c1)c1ccc(Oc3[c-]c(-n4nc(C)c(-c5ccccc5)c4C)ccc3)[c-]c1n2-c1cc(CCC(C)C)ccn1.[Pt+2]. The second-order valence-electron chi connectivity index (χ2n) is 12.4. The molecule has 6 heteroatoms. The Hall–Kier alpha value is -4.47. The minimum atomic E-state index is 0. The van der Waals surface area contributed by atoms with Crippen molar-refractivity contribution in [1.82, 2.24) is 19.3 Å². The van der Waals surface area contributed by atoms with Crippen molar-refractivity contribution < 1.29 is 25.8 Å². The van der Waals surface area contributed by atoms with E-state index in [2.05, 4.69) is 105 Å². The molecule has 4 aromatic carbocycles. The van der Waals surface area contributed by atoms with Crippen LogP contribution in [0.5, 0.6) is 11.5 Å². The minimum absolute atomic E-state index is 0. The summed E-state index contributed by atoms with van der Waals surface area (Å²) in [7, 11) is 0. The number of hydrogen-bond donors (Lipinski definition) is 0. The Labute approximate surface area is 291 Å². The Bertz CT molecular complexity index is 2180. The fourth-order valence-corrected chi connectivity index (χ4v) is 6.32. The summed E-state index contributed by atoms with van der Waals surface area (Å²) in [6, 6.07) is 38.5. The molecule has 0 N–H and O–H groups in total. The molecule has 0 aliphatic rings. The quantitative estimate of drug-likeness (QED) is 0.137. The van der Waals surface area contributed by atoms with Gasteiger partial charge in [-0.2, -0.15) is 17.2 Å². The number of ether oxygens (including phenoxy) is 1. The van der Waals surface area contributed by atoms with Gasteiger partial charge in [0.1, 0.15) is 5.82 Å². The van der Waals surface area contributed by atoms with Crippen LogP contribution in [-0.2, 0) is 33.9 Å². The van der Waals surface area contributed by atoms with Crippen molar-refractivity contribution in [2.45, 2.75) is 53.9 Å². The first-order valence-electron chi connectivity index (χ1n) is 16.2. The van der Waals surface area contributed by atoms with Crippen molar-refractivity contribution in [2.24, 2.45) is 5.92 Å². The minimum Gasteiger partial charge on any atom is -0.509 e. The average molecular weight is 798 g/mol. The number of rotatable bonds is 9. The second kappa shape index (κ2) is 13.7. The molecule has 0 radical (unpaired) electrons. The van der Waals surface area contributed by atoms with Crippen molar-refractivity contribution >= 4 is 21.8 Å². The third-order valence-electron chi connectivity index (χ3n) is 8.73. The zero-order chi connectivity index (χ0) is 31.8. The maximum atomic E-state index is 6.44. The fourth-order valence-electron chi connectivity index (χ4n) is 6.32. The summed E-state index contributed by atoms with van der Waals surface area (Å²) in [5.74, 6) is 2.76. The van der Waals surface area contributed by atoms with E-state index < -0.39 is 0 Å². The first-order valence-corrected chi connectivity index (χ1v) is 16.2. The maximum absolute atomic E-state index is 6.44. The zero-order valence-corrected chi connectivity index (χ0v) is 29.7. The molecule has 3 aromatic heterocycles. The van der Waals surface area contributed by atoms with Crippen molar-refractivity contribution in [1.29, 1.82) is 0 Å². The van der Waals surface area contributed by atoms with Crippen molar-refractivity contribution in [2.75, 3.05) is 0 Å². The van der Waals surface area contributed by atoms with E-state index in [-0.39, 0.29) is 21.1 Å². The smallest absolute Gasteiger partial charge is 0.509 e. The molecule has 0 aliphatic carbocycles. The van der Waals surface area contributed by atoms with Gasteiger partial charge in [0.15, 0.2) is 0 Å². The van der Waals surface area contributed by atoms with E-state index in [0.717, 1.165) is 69.7 Å². The number of hydrogen-bond acceptors (Lipinski definition) is 3. The van der Waals surface area contributed by atoms with Gasteiger partial charge in [-0.1, -0.05) is 68.8 Å². The normalized spacial score (nSPS) is 11.4. The van der Waals surface area contributed by atoms with E-state index in [4.69, 9.17) is 14.8 Å². The number of fused-ring (bicyclic) bond motifs is 3. The molecule has 7 aromatic rings. The van der Waals surface area contributed by atoms with Gasteiger partial charge < -0.3 is 9.30 Å². The number of nitrogens with zero attached hydrogens (tertiary/aromatic N) is 4. The number of pyridine rings is 1. The predicted octanol–water partition coefficient (Wildman–Crippen LogP) is 10.2. The topological polar surface area (TPSA) is 44.9 Å². The summed E-state index contributed by atoms with van der Waals surface area (Å²) >= 11 is 0. The molecule has 3 heterocycles. The average Bonchev–Trinajstić information content (AvgIpc) is 3.56. The van der Waals surface area contributed by atoms with Gasteiger partial charge in [-0.15, -0.1) is 35.7 Å². The summed E-state index contributed by atoms with van der Waals surface area (Å²) in [4.78, 5) is 4.84. The van der Waals surface area contributed by atoms with Gasteiger partial charge in [0.25, 0.3) is 0 Å². The molecular formula is C41H38N4OPt. The number of aryl methyl sites for hydroxylation is 3. The molecular weight excluding hydrogens is 760 g/mol. The molecule has 5 nitrogen and oxygen atoms in total. The molecule has 7 rings (SSSR count). The van der Waals surface area contributed by atoms with Gasteiger partial charge in [-0.05, 0) is 85.0 Å². The van der Waals surface area contributed by atoms with E-state index in [1.54, 1.807) is 0 Å². The van der Waals surface area contributed by atoms with E-state index >= 15 is 0 Å². The van der Waals surface area contributed by atoms with Crippen LogP contribution in [0.25, 0.3) is 44.4 Å². The summed E-state index contributed by atoms with van der Waals surface area (Å²) in [6.45, 7) is 10.9. The summed E-state index contributed by atoms with van der Waals surface area (Å²) < 4.78 is 10.6. The Morgan fingerprint density at radius 1 is 0.809 bits per heavy atom. The Balaban J connectivity index is 0.00000386. The standard InChI is InChI=1S/C41H38N4O.Pt/c1-6-30-17-20-38-37(23-30)36-19-18-35(26-39(36)44(38)40-24-31(21-22-42-40)16-15-27(2)3)46-34-14-10-13-33(25-34)45-29(5)41(28(4)43-45)32-11-8-7-9-12-32;/h7-14,17-24,27H,6,15-16H2,1-5H3;/q-2;+2. The Morgan fingerprint density at radius 2 is 1.62 bits per heavy atom. The van der Waals surface area contributed by atoms with Crippen LogP contribution in [0.3, 0.4) is 0 Å². The molecule has 0 bridgehead atoms. The van der Waals surface area contributed by atoms with E-state index in [9.17, 15) is 0 Å². The van der Waals surface area contributed by atoms with Crippen molar-refractivity contribution in [3.05, 3.63) is 132 Å². The summed E-state index contributed by atoms with van der Waals surface area (Å²) in [5.41, 5.74) is 9.80. The predicted molar refractivity (Wildman–Crippen MR) is 187 cm³/mol. The number of benzene rings is 4. The Morgan fingerprint density at radius 3 is 2.40 bits per heavy atom. The number of aromatic nitrogens is 4. The maximum Gasteiger partial charge on any atom is 2.00 e. The van der Waals surface area contributed by atoms with Crippen LogP contribution in [0.2, 0.25) is 0 Å². The summed E-state index contributed by atoms with van der Waals surface area (Å²) in [5, 5.41) is 7.19. The molecule has 0 saturated carbocycles. The van der Waals surface area contributed by atoms with Crippen molar-refractivity contribution in [3.8, 4) is 34.1 Å². The molecule has 47 heavy (non-hydrogen) atoms.